The summed E-state index contributed by atoms with van der Waals surface area (Å²) >= 11 is 0. The van der Waals surface area contributed by atoms with Gasteiger partial charge in [-0.25, -0.2) is 0 Å². The first kappa shape index (κ1) is 13.4. The lowest BCUT2D eigenvalue weighted by atomic mass is 9.91. The van der Waals surface area contributed by atoms with Crippen LogP contribution in [0.15, 0.2) is 24.3 Å². The summed E-state index contributed by atoms with van der Waals surface area (Å²) in [7, 11) is 0. The summed E-state index contributed by atoms with van der Waals surface area (Å²) in [4.78, 5) is 14.2. The lowest BCUT2D eigenvalue weighted by Crippen LogP contribution is -2.45. The monoisotopic (exact) mass is 273 g/mol. The molecule has 2 heterocycles. The number of carbonyl (C=O) groups is 1. The molecule has 3 N–H and O–H groups in total. The predicted molar refractivity (Wildman–Crippen MR) is 80.5 cm³/mol. The molecule has 2 unspecified atom stereocenters. The molecule has 2 saturated heterocycles. The van der Waals surface area contributed by atoms with E-state index in [0.29, 0.717) is 6.04 Å². The minimum atomic E-state index is 0.118. The van der Waals surface area contributed by atoms with Crippen LogP contribution in [0.1, 0.15) is 37.8 Å². The maximum Gasteiger partial charge on any atom is 0.225 e. The second-order valence-electron chi connectivity index (χ2n) is 5.86. The third-order valence-electron chi connectivity index (χ3n) is 4.69. The average molecular weight is 273 g/mol. The minimum absolute atomic E-state index is 0.118. The molecule has 0 aliphatic carbocycles. The fourth-order valence-electron chi connectivity index (χ4n) is 3.42. The Labute approximate surface area is 120 Å². The van der Waals surface area contributed by atoms with Crippen LogP contribution in [0.4, 0.5) is 5.69 Å². The molecule has 0 saturated carbocycles. The Morgan fingerprint density at radius 3 is 2.85 bits per heavy atom. The highest BCUT2D eigenvalue weighted by Gasteiger charge is 2.40. The molecular weight excluding hydrogens is 250 g/mol. The zero-order valence-corrected chi connectivity index (χ0v) is 12.0. The number of hydrogen-bond donors (Lipinski definition) is 2. The molecule has 0 bridgehead atoms. The van der Waals surface area contributed by atoms with Crippen molar-refractivity contribution in [3.63, 3.8) is 0 Å². The number of anilines is 1. The molecule has 0 aromatic heterocycles. The molecule has 1 amide bonds. The van der Waals surface area contributed by atoms with Crippen LogP contribution in [0, 0.1) is 5.92 Å². The Kier molecular flexibility index (Phi) is 3.66. The lowest BCUT2D eigenvalue weighted by Gasteiger charge is -2.37. The molecule has 108 valence electrons. The molecule has 3 rings (SSSR count). The second-order valence-corrected chi connectivity index (χ2v) is 5.86. The van der Waals surface area contributed by atoms with E-state index in [-0.39, 0.29) is 17.9 Å². The summed E-state index contributed by atoms with van der Waals surface area (Å²) in [5, 5.41) is 3.00. The Morgan fingerprint density at radius 2 is 2.15 bits per heavy atom. The molecule has 1 aromatic rings. The molecule has 4 nitrogen and oxygen atoms in total. The standard InChI is InChI=1S/C16H23N3O/c1-2-14(17)11-5-7-12(8-6-11)19-9-3-4-13-15(19)10-18-16(13)20/h5-8,13-15H,2-4,9-10,17H2,1H3,(H,18,20)/t13?,14-,15?/m1/s1. The zero-order chi connectivity index (χ0) is 14.1. The van der Waals surface area contributed by atoms with E-state index in [0.717, 1.165) is 32.4 Å². The predicted octanol–water partition coefficient (Wildman–Crippen LogP) is 1.81. The van der Waals surface area contributed by atoms with Crippen LogP contribution in [0.2, 0.25) is 0 Å². The van der Waals surface area contributed by atoms with Crippen molar-refractivity contribution < 1.29 is 4.79 Å². The van der Waals surface area contributed by atoms with Crippen LogP contribution in [0.3, 0.4) is 0 Å². The van der Waals surface area contributed by atoms with Gasteiger partial charge in [0.1, 0.15) is 0 Å². The summed E-state index contributed by atoms with van der Waals surface area (Å²) in [6.45, 7) is 3.92. The van der Waals surface area contributed by atoms with E-state index in [1.54, 1.807) is 0 Å². The highest BCUT2D eigenvalue weighted by Crippen LogP contribution is 2.32. The molecule has 2 aliphatic heterocycles. The van der Waals surface area contributed by atoms with Crippen LogP contribution in [0.5, 0.6) is 0 Å². The fraction of sp³-hybridized carbons (Fsp3) is 0.562. The van der Waals surface area contributed by atoms with Crippen LogP contribution in [0.25, 0.3) is 0 Å². The zero-order valence-electron chi connectivity index (χ0n) is 12.0. The Morgan fingerprint density at radius 1 is 1.40 bits per heavy atom. The van der Waals surface area contributed by atoms with Gasteiger partial charge in [0, 0.05) is 24.8 Å². The van der Waals surface area contributed by atoms with Crippen molar-refractivity contribution in [1.82, 2.24) is 5.32 Å². The van der Waals surface area contributed by atoms with Gasteiger partial charge in [-0.05, 0) is 37.0 Å². The normalized spacial score (nSPS) is 27.1. The largest absolute Gasteiger partial charge is 0.366 e. The summed E-state index contributed by atoms with van der Waals surface area (Å²) < 4.78 is 0. The van der Waals surface area contributed by atoms with E-state index in [1.165, 1.54) is 11.3 Å². The number of carbonyl (C=O) groups excluding carboxylic acids is 1. The summed E-state index contributed by atoms with van der Waals surface area (Å²) in [6.07, 6.45) is 3.06. The van der Waals surface area contributed by atoms with Crippen molar-refractivity contribution in [2.45, 2.75) is 38.3 Å². The number of benzene rings is 1. The second kappa shape index (κ2) is 5.44. The van der Waals surface area contributed by atoms with Gasteiger partial charge < -0.3 is 16.0 Å². The molecule has 3 atom stereocenters. The van der Waals surface area contributed by atoms with Gasteiger partial charge in [-0.15, -0.1) is 0 Å². The van der Waals surface area contributed by atoms with Crippen LogP contribution in [-0.2, 0) is 4.79 Å². The molecule has 4 heteroatoms. The molecule has 1 aromatic carbocycles. The molecule has 2 fully saturated rings. The van der Waals surface area contributed by atoms with Gasteiger partial charge >= 0.3 is 0 Å². The van der Waals surface area contributed by atoms with Gasteiger partial charge in [-0.2, -0.15) is 0 Å². The van der Waals surface area contributed by atoms with Crippen LogP contribution >= 0.6 is 0 Å². The van der Waals surface area contributed by atoms with E-state index >= 15 is 0 Å². The van der Waals surface area contributed by atoms with Crippen LogP contribution < -0.4 is 16.0 Å². The smallest absolute Gasteiger partial charge is 0.225 e. The first-order chi connectivity index (χ1) is 9.70. The van der Waals surface area contributed by atoms with Gasteiger partial charge in [0.2, 0.25) is 5.91 Å². The van der Waals surface area contributed by atoms with Gasteiger partial charge in [0.05, 0.1) is 12.0 Å². The number of piperidine rings is 1. The van der Waals surface area contributed by atoms with Crippen molar-refractivity contribution >= 4 is 11.6 Å². The van der Waals surface area contributed by atoms with E-state index in [1.807, 2.05) is 0 Å². The van der Waals surface area contributed by atoms with Crippen molar-refractivity contribution in [2.24, 2.45) is 11.7 Å². The number of nitrogens with one attached hydrogen (secondary N) is 1. The lowest BCUT2D eigenvalue weighted by molar-refractivity contribution is -0.122. The van der Waals surface area contributed by atoms with Crippen molar-refractivity contribution in [2.75, 3.05) is 18.0 Å². The third-order valence-corrected chi connectivity index (χ3v) is 4.69. The highest BCUT2D eigenvalue weighted by atomic mass is 16.2. The quantitative estimate of drug-likeness (QED) is 0.883. The Balaban J connectivity index is 1.80. The summed E-state index contributed by atoms with van der Waals surface area (Å²) in [6, 6.07) is 8.98. The summed E-state index contributed by atoms with van der Waals surface area (Å²) in [5.41, 5.74) is 8.46. The number of fused-ring (bicyclic) bond motifs is 1. The Hall–Kier alpha value is -1.55. The molecule has 0 spiro atoms. The average Bonchev–Trinajstić information content (AvgIpc) is 2.88. The SMILES string of the molecule is CC[C@@H](N)c1ccc(N2CCCC3C(=O)NCC32)cc1. The van der Waals surface area contributed by atoms with Gasteiger partial charge in [-0.1, -0.05) is 19.1 Å². The summed E-state index contributed by atoms with van der Waals surface area (Å²) in [5.74, 6) is 0.394. The van der Waals surface area contributed by atoms with Crippen molar-refractivity contribution in [3.05, 3.63) is 29.8 Å². The fourth-order valence-corrected chi connectivity index (χ4v) is 3.42. The first-order valence-electron chi connectivity index (χ1n) is 7.60. The molecule has 0 radical (unpaired) electrons. The van der Waals surface area contributed by atoms with E-state index in [2.05, 4.69) is 41.4 Å². The number of amides is 1. The highest BCUT2D eigenvalue weighted by molar-refractivity contribution is 5.83. The number of rotatable bonds is 3. The van der Waals surface area contributed by atoms with Gasteiger partial charge in [-0.3, -0.25) is 4.79 Å². The van der Waals surface area contributed by atoms with Gasteiger partial charge in [0.25, 0.3) is 0 Å². The Bertz CT molecular complexity index is 485. The van der Waals surface area contributed by atoms with E-state index in [4.69, 9.17) is 5.73 Å². The molecule has 20 heavy (non-hydrogen) atoms. The number of nitrogens with two attached hydrogens (primary N) is 1. The third kappa shape index (κ3) is 2.29. The van der Waals surface area contributed by atoms with Crippen molar-refractivity contribution in [1.29, 1.82) is 0 Å². The number of nitrogens with zero attached hydrogens (tertiary/aromatic N) is 1. The topological polar surface area (TPSA) is 58.4 Å². The van der Waals surface area contributed by atoms with Gasteiger partial charge in [0.15, 0.2) is 0 Å². The molecule has 2 aliphatic rings. The van der Waals surface area contributed by atoms with E-state index in [9.17, 15) is 4.79 Å². The maximum atomic E-state index is 11.8. The number of hydrogen-bond acceptors (Lipinski definition) is 3. The molecular formula is C16H23N3O. The van der Waals surface area contributed by atoms with Crippen molar-refractivity contribution in [3.8, 4) is 0 Å². The maximum absolute atomic E-state index is 11.8. The van der Waals surface area contributed by atoms with Crippen LogP contribution in [-0.4, -0.2) is 25.0 Å². The van der Waals surface area contributed by atoms with E-state index < -0.39 is 0 Å². The minimum Gasteiger partial charge on any atom is -0.366 e. The first-order valence-corrected chi connectivity index (χ1v) is 7.60.